The van der Waals surface area contributed by atoms with Gasteiger partial charge in [-0.25, -0.2) is 0 Å². The quantitative estimate of drug-likeness (QED) is 0.753. The van der Waals surface area contributed by atoms with Crippen LogP contribution in [0.3, 0.4) is 0 Å². The fraction of sp³-hybridized carbons (Fsp3) is 0.143. The van der Waals surface area contributed by atoms with Crippen molar-refractivity contribution < 1.29 is 4.74 Å². The molecular formula is C14H14N2O. The zero-order chi connectivity index (χ0) is 12.1. The molecule has 17 heavy (non-hydrogen) atoms. The smallest absolute Gasteiger partial charge is 0.119 e. The summed E-state index contributed by atoms with van der Waals surface area (Å²) in [6.45, 7) is 2.02. The van der Waals surface area contributed by atoms with Gasteiger partial charge in [0.2, 0.25) is 0 Å². The van der Waals surface area contributed by atoms with Gasteiger partial charge in [0.25, 0.3) is 0 Å². The summed E-state index contributed by atoms with van der Waals surface area (Å²) in [5.74, 6) is 0.852. The van der Waals surface area contributed by atoms with Crippen LogP contribution in [-0.4, -0.2) is 18.3 Å². The molecule has 0 amide bonds. The molecule has 0 aliphatic carbocycles. The maximum Gasteiger partial charge on any atom is 0.119 e. The first-order valence-electron chi connectivity index (χ1n) is 5.38. The van der Waals surface area contributed by atoms with E-state index in [1.165, 1.54) is 0 Å². The van der Waals surface area contributed by atoms with Crippen LogP contribution >= 0.6 is 0 Å². The van der Waals surface area contributed by atoms with Crippen molar-refractivity contribution >= 4 is 11.9 Å². The summed E-state index contributed by atoms with van der Waals surface area (Å²) in [4.78, 5) is 8.41. The summed E-state index contributed by atoms with van der Waals surface area (Å²) in [6.07, 6.45) is 5.33. The molecule has 3 heteroatoms. The lowest BCUT2D eigenvalue weighted by Gasteiger charge is -2.03. The summed E-state index contributed by atoms with van der Waals surface area (Å²) < 4.78 is 5.15. The molecule has 0 bridgehead atoms. The van der Waals surface area contributed by atoms with E-state index in [1.807, 2.05) is 43.5 Å². The number of ether oxygens (including phenoxy) is 1. The minimum atomic E-state index is 0.852. The van der Waals surface area contributed by atoms with Gasteiger partial charge in [-0.15, -0.1) is 0 Å². The average molecular weight is 226 g/mol. The molecule has 0 saturated heterocycles. The van der Waals surface area contributed by atoms with Gasteiger partial charge >= 0.3 is 0 Å². The van der Waals surface area contributed by atoms with Gasteiger partial charge in [0.1, 0.15) is 5.75 Å². The van der Waals surface area contributed by atoms with E-state index in [-0.39, 0.29) is 0 Å². The van der Waals surface area contributed by atoms with Gasteiger partial charge in [-0.2, -0.15) is 0 Å². The van der Waals surface area contributed by atoms with Crippen molar-refractivity contribution in [2.24, 2.45) is 4.99 Å². The molecule has 1 aromatic heterocycles. The van der Waals surface area contributed by atoms with Crippen LogP contribution in [0, 0.1) is 6.92 Å². The molecule has 0 fully saturated rings. The normalized spacial score (nSPS) is 10.7. The standard InChI is InChI=1S/C14H14N2O/c1-11-9-13(17-2)3-4-14(11)16-10-12-5-7-15-8-6-12/h3-10H,1-2H3. The van der Waals surface area contributed by atoms with E-state index in [0.717, 1.165) is 22.6 Å². The molecule has 0 aliphatic heterocycles. The Morgan fingerprint density at radius 2 is 1.94 bits per heavy atom. The Hall–Kier alpha value is -2.16. The van der Waals surface area contributed by atoms with Crippen LogP contribution in [0.2, 0.25) is 0 Å². The van der Waals surface area contributed by atoms with E-state index in [2.05, 4.69) is 9.98 Å². The van der Waals surface area contributed by atoms with E-state index >= 15 is 0 Å². The third kappa shape index (κ3) is 2.91. The SMILES string of the molecule is COc1ccc(N=Cc2ccncc2)c(C)c1. The number of methoxy groups -OCH3 is 1. The predicted octanol–water partition coefficient (Wildman–Crippen LogP) is 3.15. The summed E-state index contributed by atoms with van der Waals surface area (Å²) >= 11 is 0. The van der Waals surface area contributed by atoms with E-state index in [0.29, 0.717) is 0 Å². The number of nitrogens with zero attached hydrogens (tertiary/aromatic N) is 2. The van der Waals surface area contributed by atoms with E-state index in [9.17, 15) is 0 Å². The molecule has 0 aliphatic rings. The summed E-state index contributed by atoms with van der Waals surface area (Å²) in [7, 11) is 1.66. The summed E-state index contributed by atoms with van der Waals surface area (Å²) in [5.41, 5.74) is 3.08. The predicted molar refractivity (Wildman–Crippen MR) is 69.2 cm³/mol. The minimum Gasteiger partial charge on any atom is -0.497 e. The van der Waals surface area contributed by atoms with Crippen molar-refractivity contribution in [3.05, 3.63) is 53.9 Å². The highest BCUT2D eigenvalue weighted by molar-refractivity contribution is 5.82. The van der Waals surface area contributed by atoms with Gasteiger partial charge in [-0.05, 0) is 48.4 Å². The topological polar surface area (TPSA) is 34.5 Å². The Morgan fingerprint density at radius 1 is 1.18 bits per heavy atom. The number of rotatable bonds is 3. The molecule has 86 valence electrons. The van der Waals surface area contributed by atoms with Gasteiger partial charge < -0.3 is 4.74 Å². The van der Waals surface area contributed by atoms with Crippen LogP contribution in [0.25, 0.3) is 0 Å². The van der Waals surface area contributed by atoms with Crippen molar-refractivity contribution in [2.45, 2.75) is 6.92 Å². The first kappa shape index (κ1) is 11.3. The van der Waals surface area contributed by atoms with Gasteiger partial charge in [0.05, 0.1) is 12.8 Å². The van der Waals surface area contributed by atoms with Crippen LogP contribution in [0.5, 0.6) is 5.75 Å². The molecule has 1 aromatic carbocycles. The number of aromatic nitrogens is 1. The number of benzene rings is 1. The first-order chi connectivity index (χ1) is 8.29. The van der Waals surface area contributed by atoms with E-state index in [1.54, 1.807) is 19.5 Å². The first-order valence-corrected chi connectivity index (χ1v) is 5.38. The van der Waals surface area contributed by atoms with Gasteiger partial charge in [-0.3, -0.25) is 9.98 Å². The highest BCUT2D eigenvalue weighted by Crippen LogP contribution is 2.23. The second-order valence-electron chi connectivity index (χ2n) is 3.69. The number of pyridine rings is 1. The number of aliphatic imine (C=N–C) groups is 1. The molecule has 0 spiro atoms. The molecule has 2 aromatic rings. The van der Waals surface area contributed by atoms with Crippen LogP contribution in [-0.2, 0) is 0 Å². The zero-order valence-electron chi connectivity index (χ0n) is 9.92. The molecule has 0 saturated carbocycles. The fourth-order valence-electron chi connectivity index (χ4n) is 1.49. The molecule has 0 atom stereocenters. The number of hydrogen-bond donors (Lipinski definition) is 0. The van der Waals surface area contributed by atoms with Crippen molar-refractivity contribution in [1.29, 1.82) is 0 Å². The largest absolute Gasteiger partial charge is 0.497 e. The Kier molecular flexibility index (Phi) is 3.50. The average Bonchev–Trinajstić information content (AvgIpc) is 2.38. The Morgan fingerprint density at radius 3 is 2.59 bits per heavy atom. The molecule has 0 radical (unpaired) electrons. The Bertz CT molecular complexity index is 521. The molecular weight excluding hydrogens is 212 g/mol. The van der Waals surface area contributed by atoms with Gasteiger partial charge in [-0.1, -0.05) is 0 Å². The Labute approximate surface area is 101 Å². The molecule has 0 N–H and O–H groups in total. The van der Waals surface area contributed by atoms with E-state index < -0.39 is 0 Å². The van der Waals surface area contributed by atoms with Crippen LogP contribution in [0.1, 0.15) is 11.1 Å². The lowest BCUT2D eigenvalue weighted by atomic mass is 10.2. The lowest BCUT2D eigenvalue weighted by Crippen LogP contribution is -1.84. The van der Waals surface area contributed by atoms with Crippen LogP contribution in [0.4, 0.5) is 5.69 Å². The fourth-order valence-corrected chi connectivity index (χ4v) is 1.49. The monoisotopic (exact) mass is 226 g/mol. The van der Waals surface area contributed by atoms with Crippen molar-refractivity contribution in [3.8, 4) is 5.75 Å². The molecule has 2 rings (SSSR count). The summed E-state index contributed by atoms with van der Waals surface area (Å²) in [5, 5.41) is 0. The lowest BCUT2D eigenvalue weighted by molar-refractivity contribution is 0.414. The van der Waals surface area contributed by atoms with Crippen LogP contribution in [0.15, 0.2) is 47.7 Å². The van der Waals surface area contributed by atoms with Gasteiger partial charge in [0.15, 0.2) is 0 Å². The third-order valence-corrected chi connectivity index (χ3v) is 2.46. The second-order valence-corrected chi connectivity index (χ2v) is 3.69. The van der Waals surface area contributed by atoms with E-state index in [4.69, 9.17) is 4.74 Å². The molecule has 0 unspecified atom stereocenters. The van der Waals surface area contributed by atoms with Crippen LogP contribution < -0.4 is 4.74 Å². The third-order valence-electron chi connectivity index (χ3n) is 2.46. The maximum absolute atomic E-state index is 5.15. The molecule has 1 heterocycles. The summed E-state index contributed by atoms with van der Waals surface area (Å²) in [6, 6.07) is 9.67. The van der Waals surface area contributed by atoms with Crippen molar-refractivity contribution in [1.82, 2.24) is 4.98 Å². The van der Waals surface area contributed by atoms with Crippen molar-refractivity contribution in [2.75, 3.05) is 7.11 Å². The maximum atomic E-state index is 5.15. The number of hydrogen-bond acceptors (Lipinski definition) is 3. The zero-order valence-corrected chi connectivity index (χ0v) is 9.92. The Balaban J connectivity index is 2.22. The van der Waals surface area contributed by atoms with Gasteiger partial charge in [0, 0.05) is 18.6 Å². The molecule has 3 nitrogen and oxygen atoms in total. The second kappa shape index (κ2) is 5.25. The minimum absolute atomic E-state index is 0.852. The highest BCUT2D eigenvalue weighted by atomic mass is 16.5. The number of aryl methyl sites for hydroxylation is 1. The van der Waals surface area contributed by atoms with Crippen molar-refractivity contribution in [3.63, 3.8) is 0 Å². The highest BCUT2D eigenvalue weighted by Gasteiger charge is 1.97.